The molecular weight excluding hydrogens is 242 g/mol. The molecule has 1 aromatic carbocycles. The Balaban J connectivity index is 2.20. The first-order chi connectivity index (χ1) is 8.99. The number of carboxylic acid groups (broad SMARTS) is 1. The van der Waals surface area contributed by atoms with Gasteiger partial charge in [0, 0.05) is 18.2 Å². The number of carbonyl (C=O) groups excluding carboxylic acids is 1. The Morgan fingerprint density at radius 2 is 1.89 bits per heavy atom. The highest BCUT2D eigenvalue weighted by Crippen LogP contribution is 2.33. The van der Waals surface area contributed by atoms with Crippen LogP contribution in [0.25, 0.3) is 0 Å². The average Bonchev–Trinajstić information content (AvgIpc) is 3.20. The fourth-order valence-corrected chi connectivity index (χ4v) is 1.95. The van der Waals surface area contributed by atoms with Crippen molar-refractivity contribution in [2.45, 2.75) is 26.7 Å². The summed E-state index contributed by atoms with van der Waals surface area (Å²) in [6.07, 6.45) is 1.84. The van der Waals surface area contributed by atoms with Gasteiger partial charge in [0.05, 0.1) is 5.92 Å². The monoisotopic (exact) mass is 261 g/mol. The zero-order valence-electron chi connectivity index (χ0n) is 11.3. The van der Waals surface area contributed by atoms with Crippen molar-refractivity contribution in [2.75, 3.05) is 11.4 Å². The van der Waals surface area contributed by atoms with Gasteiger partial charge in [-0.05, 0) is 31.9 Å². The molecule has 1 atom stereocenters. The van der Waals surface area contributed by atoms with Crippen molar-refractivity contribution < 1.29 is 14.7 Å². The van der Waals surface area contributed by atoms with E-state index in [2.05, 4.69) is 0 Å². The number of nitrogens with zero attached hydrogens (tertiary/aromatic N) is 1. The van der Waals surface area contributed by atoms with E-state index >= 15 is 0 Å². The minimum absolute atomic E-state index is 0.0527. The number of aryl methyl sites for hydroxylation is 1. The molecule has 1 amide bonds. The fraction of sp³-hybridized carbons (Fsp3) is 0.467. The predicted octanol–water partition coefficient (Wildman–Crippen LogP) is 2.46. The third-order valence-corrected chi connectivity index (χ3v) is 3.42. The van der Waals surface area contributed by atoms with Crippen molar-refractivity contribution >= 4 is 17.6 Å². The maximum atomic E-state index is 12.3. The Bertz CT molecular complexity index is 477. The first kappa shape index (κ1) is 13.6. The fourth-order valence-electron chi connectivity index (χ4n) is 1.95. The normalized spacial score (nSPS) is 15.9. The lowest BCUT2D eigenvalue weighted by Crippen LogP contribution is -2.38. The van der Waals surface area contributed by atoms with E-state index in [9.17, 15) is 9.59 Å². The van der Waals surface area contributed by atoms with Gasteiger partial charge >= 0.3 is 5.97 Å². The van der Waals surface area contributed by atoms with E-state index in [4.69, 9.17) is 5.11 Å². The number of rotatable bonds is 5. The van der Waals surface area contributed by atoms with E-state index < -0.39 is 11.9 Å². The molecule has 1 aromatic rings. The van der Waals surface area contributed by atoms with E-state index in [0.717, 1.165) is 24.1 Å². The van der Waals surface area contributed by atoms with E-state index in [1.54, 1.807) is 11.8 Å². The summed E-state index contributed by atoms with van der Waals surface area (Å²) in [6.45, 7) is 3.84. The Morgan fingerprint density at radius 3 is 2.37 bits per heavy atom. The predicted molar refractivity (Wildman–Crippen MR) is 73.1 cm³/mol. The highest BCUT2D eigenvalue weighted by atomic mass is 16.4. The topological polar surface area (TPSA) is 57.6 Å². The van der Waals surface area contributed by atoms with E-state index in [0.29, 0.717) is 0 Å². The van der Waals surface area contributed by atoms with Crippen molar-refractivity contribution in [1.29, 1.82) is 0 Å². The standard InChI is InChI=1S/C15H19NO3/c1-10-3-7-13(8-4-10)16(9-11(2)15(18)19)14(17)12-5-6-12/h3-4,7-8,11-12H,5-6,9H2,1-2H3,(H,18,19). The Kier molecular flexibility index (Phi) is 3.88. The van der Waals surface area contributed by atoms with Gasteiger partial charge in [-0.2, -0.15) is 0 Å². The van der Waals surface area contributed by atoms with Crippen molar-refractivity contribution in [2.24, 2.45) is 11.8 Å². The summed E-state index contributed by atoms with van der Waals surface area (Å²) in [5.41, 5.74) is 1.91. The molecular formula is C15H19NO3. The maximum absolute atomic E-state index is 12.3. The number of aliphatic carboxylic acids is 1. The van der Waals surface area contributed by atoms with Gasteiger partial charge in [0.15, 0.2) is 0 Å². The molecule has 0 spiro atoms. The van der Waals surface area contributed by atoms with Crippen LogP contribution < -0.4 is 4.90 Å². The quantitative estimate of drug-likeness (QED) is 0.885. The minimum Gasteiger partial charge on any atom is -0.481 e. The van der Waals surface area contributed by atoms with Crippen LogP contribution in [0.3, 0.4) is 0 Å². The first-order valence-electron chi connectivity index (χ1n) is 6.60. The van der Waals surface area contributed by atoms with Crippen LogP contribution in [0.15, 0.2) is 24.3 Å². The molecule has 0 saturated heterocycles. The number of anilines is 1. The van der Waals surface area contributed by atoms with Crippen LogP contribution in [0, 0.1) is 18.8 Å². The van der Waals surface area contributed by atoms with Crippen LogP contribution in [0.5, 0.6) is 0 Å². The summed E-state index contributed by atoms with van der Waals surface area (Å²) < 4.78 is 0. The molecule has 1 aliphatic carbocycles. The molecule has 0 aliphatic heterocycles. The Morgan fingerprint density at radius 1 is 1.32 bits per heavy atom. The number of carbonyl (C=O) groups is 2. The van der Waals surface area contributed by atoms with Gasteiger partial charge in [-0.1, -0.05) is 24.6 Å². The summed E-state index contributed by atoms with van der Waals surface area (Å²) in [7, 11) is 0. The van der Waals surface area contributed by atoms with Crippen LogP contribution in [-0.2, 0) is 9.59 Å². The molecule has 2 rings (SSSR count). The van der Waals surface area contributed by atoms with Gasteiger partial charge in [0.25, 0.3) is 0 Å². The van der Waals surface area contributed by atoms with Crippen LogP contribution in [0.4, 0.5) is 5.69 Å². The molecule has 1 saturated carbocycles. The number of carboxylic acids is 1. The van der Waals surface area contributed by atoms with Crippen molar-refractivity contribution in [1.82, 2.24) is 0 Å². The second-order valence-corrected chi connectivity index (χ2v) is 5.30. The van der Waals surface area contributed by atoms with Gasteiger partial charge < -0.3 is 10.0 Å². The SMILES string of the molecule is Cc1ccc(N(CC(C)C(=O)O)C(=O)C2CC2)cc1. The summed E-state index contributed by atoms with van der Waals surface area (Å²) in [4.78, 5) is 24.9. The Hall–Kier alpha value is -1.84. The molecule has 4 heteroatoms. The highest BCUT2D eigenvalue weighted by molar-refractivity contribution is 5.97. The van der Waals surface area contributed by atoms with Crippen LogP contribution in [-0.4, -0.2) is 23.5 Å². The Labute approximate surface area is 113 Å². The molecule has 4 nitrogen and oxygen atoms in total. The molecule has 0 heterocycles. The van der Waals surface area contributed by atoms with Gasteiger partial charge in [0.1, 0.15) is 0 Å². The third-order valence-electron chi connectivity index (χ3n) is 3.42. The molecule has 1 aliphatic rings. The first-order valence-corrected chi connectivity index (χ1v) is 6.60. The highest BCUT2D eigenvalue weighted by Gasteiger charge is 2.35. The lowest BCUT2D eigenvalue weighted by atomic mass is 10.1. The smallest absolute Gasteiger partial charge is 0.308 e. The molecule has 0 bridgehead atoms. The summed E-state index contributed by atoms with van der Waals surface area (Å²) >= 11 is 0. The van der Waals surface area contributed by atoms with Crippen molar-refractivity contribution in [3.63, 3.8) is 0 Å². The average molecular weight is 261 g/mol. The zero-order valence-corrected chi connectivity index (χ0v) is 11.3. The van der Waals surface area contributed by atoms with E-state index in [1.807, 2.05) is 31.2 Å². The molecule has 0 aromatic heterocycles. The minimum atomic E-state index is -0.874. The number of hydrogen-bond acceptors (Lipinski definition) is 2. The van der Waals surface area contributed by atoms with Crippen LogP contribution in [0.1, 0.15) is 25.3 Å². The number of amides is 1. The number of hydrogen-bond donors (Lipinski definition) is 1. The molecule has 1 unspecified atom stereocenters. The zero-order chi connectivity index (χ0) is 14.0. The second-order valence-electron chi connectivity index (χ2n) is 5.30. The van der Waals surface area contributed by atoms with Crippen LogP contribution >= 0.6 is 0 Å². The lowest BCUT2D eigenvalue weighted by Gasteiger charge is -2.25. The maximum Gasteiger partial charge on any atom is 0.308 e. The van der Waals surface area contributed by atoms with E-state index in [1.165, 1.54) is 0 Å². The third kappa shape index (κ3) is 3.34. The van der Waals surface area contributed by atoms with Crippen molar-refractivity contribution in [3.8, 4) is 0 Å². The molecule has 1 N–H and O–H groups in total. The van der Waals surface area contributed by atoms with Gasteiger partial charge in [-0.3, -0.25) is 9.59 Å². The lowest BCUT2D eigenvalue weighted by molar-refractivity contribution is -0.140. The summed E-state index contributed by atoms with van der Waals surface area (Å²) in [6, 6.07) is 7.64. The van der Waals surface area contributed by atoms with Gasteiger partial charge in [-0.25, -0.2) is 0 Å². The van der Waals surface area contributed by atoms with E-state index in [-0.39, 0.29) is 18.4 Å². The summed E-state index contributed by atoms with van der Waals surface area (Å²) in [5, 5.41) is 9.02. The second kappa shape index (κ2) is 5.43. The molecule has 0 radical (unpaired) electrons. The van der Waals surface area contributed by atoms with Gasteiger partial charge in [-0.15, -0.1) is 0 Å². The molecule has 1 fully saturated rings. The van der Waals surface area contributed by atoms with Crippen LogP contribution in [0.2, 0.25) is 0 Å². The summed E-state index contributed by atoms with van der Waals surface area (Å²) in [5.74, 6) is -1.30. The number of benzene rings is 1. The molecule has 19 heavy (non-hydrogen) atoms. The molecule has 102 valence electrons. The van der Waals surface area contributed by atoms with Gasteiger partial charge in [0.2, 0.25) is 5.91 Å². The largest absolute Gasteiger partial charge is 0.481 e. The van der Waals surface area contributed by atoms with Crippen molar-refractivity contribution in [3.05, 3.63) is 29.8 Å².